The quantitative estimate of drug-likeness (QED) is 0.673. The number of methoxy groups -OCH3 is 1. The first kappa shape index (κ1) is 14.8. The number of nitrogens with one attached hydrogen (secondary N) is 2. The molecule has 21 heavy (non-hydrogen) atoms. The zero-order valence-corrected chi connectivity index (χ0v) is 11.8. The highest BCUT2D eigenvalue weighted by molar-refractivity contribution is 6.44. The Hall–Kier alpha value is -2.60. The summed E-state index contributed by atoms with van der Waals surface area (Å²) in [5, 5.41) is 4.96. The monoisotopic (exact) mass is 305 g/mol. The predicted octanol–water partition coefficient (Wildman–Crippen LogP) is 2.32. The van der Waals surface area contributed by atoms with Crippen LogP contribution in [0.3, 0.4) is 0 Å². The van der Waals surface area contributed by atoms with Crippen molar-refractivity contribution < 1.29 is 14.3 Å². The van der Waals surface area contributed by atoms with Crippen LogP contribution in [-0.2, 0) is 9.59 Å². The summed E-state index contributed by atoms with van der Waals surface area (Å²) in [6, 6.07) is 9.75. The topological polar surface area (TPSA) is 80.3 Å². The summed E-state index contributed by atoms with van der Waals surface area (Å²) in [5.41, 5.74) is 0.752. The van der Waals surface area contributed by atoms with E-state index in [9.17, 15) is 9.59 Å². The van der Waals surface area contributed by atoms with Crippen LogP contribution in [0, 0.1) is 0 Å². The Bertz CT molecular complexity index is 659. The number of carbonyl (C=O) groups excluding carboxylic acids is 2. The van der Waals surface area contributed by atoms with E-state index >= 15 is 0 Å². The van der Waals surface area contributed by atoms with Crippen LogP contribution >= 0.6 is 11.6 Å². The first-order valence-corrected chi connectivity index (χ1v) is 6.35. The average Bonchev–Trinajstić information content (AvgIpc) is 2.50. The largest absolute Gasteiger partial charge is 0.497 e. The van der Waals surface area contributed by atoms with Gasteiger partial charge in [0, 0.05) is 11.9 Å². The molecule has 0 aliphatic rings. The van der Waals surface area contributed by atoms with E-state index in [1.165, 1.54) is 6.20 Å². The van der Waals surface area contributed by atoms with E-state index in [1.54, 1.807) is 43.5 Å². The zero-order valence-electron chi connectivity index (χ0n) is 11.1. The maximum Gasteiger partial charge on any atom is 0.314 e. The highest BCUT2D eigenvalue weighted by atomic mass is 35.5. The van der Waals surface area contributed by atoms with Crippen molar-refractivity contribution in [3.63, 3.8) is 0 Å². The molecule has 0 atom stereocenters. The van der Waals surface area contributed by atoms with Gasteiger partial charge in [0.05, 0.1) is 12.8 Å². The molecular formula is C14H12ClN3O3. The van der Waals surface area contributed by atoms with E-state index in [2.05, 4.69) is 15.6 Å². The summed E-state index contributed by atoms with van der Waals surface area (Å²) in [6.07, 6.45) is 1.48. The van der Waals surface area contributed by atoms with Crippen molar-refractivity contribution in [2.24, 2.45) is 0 Å². The van der Waals surface area contributed by atoms with Crippen molar-refractivity contribution >= 4 is 34.8 Å². The molecule has 6 nitrogen and oxygen atoms in total. The van der Waals surface area contributed by atoms with E-state index in [0.29, 0.717) is 11.4 Å². The van der Waals surface area contributed by atoms with Gasteiger partial charge < -0.3 is 15.4 Å². The number of ether oxygens (including phenoxy) is 1. The zero-order chi connectivity index (χ0) is 15.2. The number of hydrogen-bond donors (Lipinski definition) is 2. The number of rotatable bonds is 3. The van der Waals surface area contributed by atoms with Gasteiger partial charge >= 0.3 is 11.8 Å². The number of halogens is 1. The van der Waals surface area contributed by atoms with Crippen molar-refractivity contribution in [3.8, 4) is 5.75 Å². The number of benzene rings is 1. The van der Waals surface area contributed by atoms with Gasteiger partial charge in [0.2, 0.25) is 0 Å². The summed E-state index contributed by atoms with van der Waals surface area (Å²) < 4.78 is 5.00. The van der Waals surface area contributed by atoms with Crippen LogP contribution in [0.15, 0.2) is 42.6 Å². The maximum absolute atomic E-state index is 11.8. The fourth-order valence-electron chi connectivity index (χ4n) is 1.52. The minimum atomic E-state index is -0.833. The molecule has 7 heteroatoms. The third kappa shape index (κ3) is 3.93. The number of aromatic nitrogens is 1. The van der Waals surface area contributed by atoms with Crippen LogP contribution in [0.4, 0.5) is 11.4 Å². The number of amides is 2. The Morgan fingerprint density at radius 3 is 2.38 bits per heavy atom. The Morgan fingerprint density at radius 1 is 1.10 bits per heavy atom. The molecule has 0 fully saturated rings. The summed E-state index contributed by atoms with van der Waals surface area (Å²) in [5.74, 6) is -0.986. The summed E-state index contributed by atoms with van der Waals surface area (Å²) in [7, 11) is 1.54. The van der Waals surface area contributed by atoms with Crippen LogP contribution in [0.25, 0.3) is 0 Å². The van der Waals surface area contributed by atoms with E-state index in [0.717, 1.165) is 0 Å². The number of pyridine rings is 1. The molecule has 0 spiro atoms. The van der Waals surface area contributed by atoms with Crippen LogP contribution < -0.4 is 15.4 Å². The Kier molecular flexibility index (Phi) is 4.73. The van der Waals surface area contributed by atoms with Crippen molar-refractivity contribution in [1.29, 1.82) is 0 Å². The van der Waals surface area contributed by atoms with Gasteiger partial charge in [0.1, 0.15) is 5.75 Å². The second-order valence-corrected chi connectivity index (χ2v) is 4.34. The van der Waals surface area contributed by atoms with Gasteiger partial charge in [-0.15, -0.1) is 0 Å². The van der Waals surface area contributed by atoms with E-state index in [4.69, 9.17) is 16.3 Å². The van der Waals surface area contributed by atoms with Gasteiger partial charge in [0.25, 0.3) is 0 Å². The molecule has 0 bridgehead atoms. The normalized spacial score (nSPS) is 9.81. The van der Waals surface area contributed by atoms with Gasteiger partial charge in [-0.3, -0.25) is 9.59 Å². The first-order valence-electron chi connectivity index (χ1n) is 5.97. The van der Waals surface area contributed by atoms with Gasteiger partial charge in [-0.05, 0) is 36.4 Å². The fraction of sp³-hybridized carbons (Fsp3) is 0.0714. The smallest absolute Gasteiger partial charge is 0.314 e. The Morgan fingerprint density at radius 2 is 1.76 bits per heavy atom. The van der Waals surface area contributed by atoms with E-state index in [-0.39, 0.29) is 10.8 Å². The molecule has 1 heterocycles. The lowest BCUT2D eigenvalue weighted by molar-refractivity contribution is -0.133. The number of nitrogens with zero attached hydrogens (tertiary/aromatic N) is 1. The molecule has 0 saturated heterocycles. The standard InChI is InChI=1S/C14H12ClN3O3/c1-21-10-6-4-9(5-7-10)17-13(19)14(20)18-11-3-2-8-16-12(11)15/h2-8H,1H3,(H,17,19)(H,18,20). The lowest BCUT2D eigenvalue weighted by Crippen LogP contribution is -2.29. The second-order valence-electron chi connectivity index (χ2n) is 3.98. The summed E-state index contributed by atoms with van der Waals surface area (Å²) >= 11 is 5.80. The Labute approximate surface area is 126 Å². The first-order chi connectivity index (χ1) is 10.1. The summed E-state index contributed by atoms with van der Waals surface area (Å²) in [4.78, 5) is 27.3. The fourth-order valence-corrected chi connectivity index (χ4v) is 1.69. The minimum Gasteiger partial charge on any atom is -0.497 e. The van der Waals surface area contributed by atoms with Gasteiger partial charge in [-0.25, -0.2) is 4.98 Å². The number of anilines is 2. The van der Waals surface area contributed by atoms with Gasteiger partial charge in [-0.1, -0.05) is 11.6 Å². The molecule has 2 rings (SSSR count). The molecule has 0 saturated carbocycles. The summed E-state index contributed by atoms with van der Waals surface area (Å²) in [6.45, 7) is 0. The third-order valence-corrected chi connectivity index (χ3v) is 2.86. The van der Waals surface area contributed by atoms with Gasteiger partial charge in [-0.2, -0.15) is 0 Å². The number of carbonyl (C=O) groups is 2. The molecule has 2 amide bonds. The van der Waals surface area contributed by atoms with Crippen molar-refractivity contribution in [1.82, 2.24) is 4.98 Å². The second kappa shape index (κ2) is 6.71. The number of hydrogen-bond acceptors (Lipinski definition) is 4. The van der Waals surface area contributed by atoms with Crippen LogP contribution in [-0.4, -0.2) is 23.9 Å². The van der Waals surface area contributed by atoms with E-state index < -0.39 is 11.8 Å². The lowest BCUT2D eigenvalue weighted by Gasteiger charge is -2.07. The molecule has 0 aliphatic carbocycles. The van der Waals surface area contributed by atoms with Crippen LogP contribution in [0.1, 0.15) is 0 Å². The highest BCUT2D eigenvalue weighted by Gasteiger charge is 2.15. The highest BCUT2D eigenvalue weighted by Crippen LogP contribution is 2.18. The lowest BCUT2D eigenvalue weighted by atomic mass is 10.3. The minimum absolute atomic E-state index is 0.114. The van der Waals surface area contributed by atoms with Crippen molar-refractivity contribution in [2.75, 3.05) is 17.7 Å². The SMILES string of the molecule is COc1ccc(NC(=O)C(=O)Nc2cccnc2Cl)cc1. The molecule has 0 radical (unpaired) electrons. The molecule has 0 aliphatic heterocycles. The predicted molar refractivity (Wildman–Crippen MR) is 79.5 cm³/mol. The Balaban J connectivity index is 1.99. The average molecular weight is 306 g/mol. The van der Waals surface area contributed by atoms with Crippen molar-refractivity contribution in [2.45, 2.75) is 0 Å². The van der Waals surface area contributed by atoms with Gasteiger partial charge in [0.15, 0.2) is 5.15 Å². The molecule has 0 unspecified atom stereocenters. The molecule has 2 aromatic rings. The molecular weight excluding hydrogens is 294 g/mol. The molecule has 108 valence electrons. The molecule has 2 N–H and O–H groups in total. The van der Waals surface area contributed by atoms with E-state index in [1.807, 2.05) is 0 Å². The van der Waals surface area contributed by atoms with Crippen molar-refractivity contribution in [3.05, 3.63) is 47.7 Å². The molecule has 1 aromatic carbocycles. The van der Waals surface area contributed by atoms with Crippen LogP contribution in [0.5, 0.6) is 5.75 Å². The molecule has 1 aromatic heterocycles. The third-order valence-electron chi connectivity index (χ3n) is 2.56. The van der Waals surface area contributed by atoms with Crippen LogP contribution in [0.2, 0.25) is 5.15 Å². The maximum atomic E-state index is 11.8.